The monoisotopic (exact) mass is 642 g/mol. The molecule has 236 valence electrons. The van der Waals surface area contributed by atoms with Crippen LogP contribution in [0, 0.1) is 0 Å². The van der Waals surface area contributed by atoms with Crippen LogP contribution in [0.5, 0.6) is 0 Å². The zero-order chi connectivity index (χ0) is 33.0. The number of hydrogen-bond donors (Lipinski definition) is 0. The molecule has 0 aliphatic heterocycles. The van der Waals surface area contributed by atoms with Crippen LogP contribution in [0.4, 0.5) is 0 Å². The fourth-order valence-electron chi connectivity index (χ4n) is 7.28. The van der Waals surface area contributed by atoms with Gasteiger partial charge in [-0.15, -0.1) is 0 Å². The summed E-state index contributed by atoms with van der Waals surface area (Å²) < 4.78 is 9.00. The van der Waals surface area contributed by atoms with Crippen LogP contribution in [0.25, 0.3) is 88.9 Å². The van der Waals surface area contributed by atoms with Crippen molar-refractivity contribution in [2.24, 2.45) is 0 Å². The second kappa shape index (κ2) is 11.5. The van der Waals surface area contributed by atoms with E-state index in [1.165, 1.54) is 21.9 Å². The molecule has 3 heterocycles. The van der Waals surface area contributed by atoms with Crippen molar-refractivity contribution in [1.82, 2.24) is 19.5 Å². The zero-order valence-electron chi connectivity index (χ0n) is 27.1. The van der Waals surface area contributed by atoms with Crippen molar-refractivity contribution in [1.29, 1.82) is 0 Å². The summed E-state index contributed by atoms with van der Waals surface area (Å²) in [4.78, 5) is 14.9. The third kappa shape index (κ3) is 4.66. The SMILES string of the molecule is C1=CC(c2nc(-c3ccccc3)nc(-c3cccc4c3oc3ccc(-n5c6ccccc6c6cc(-c7ccccc7)ccc65)cc34)n2)=CCC1. The van der Waals surface area contributed by atoms with Gasteiger partial charge in [-0.05, 0) is 66.4 Å². The number of nitrogens with zero attached hydrogens (tertiary/aromatic N) is 4. The third-order valence-electron chi connectivity index (χ3n) is 9.68. The van der Waals surface area contributed by atoms with E-state index in [1.807, 2.05) is 36.4 Å². The van der Waals surface area contributed by atoms with Crippen LogP contribution in [-0.4, -0.2) is 19.5 Å². The number of para-hydroxylation sites is 2. The van der Waals surface area contributed by atoms with Crippen LogP contribution in [0.3, 0.4) is 0 Å². The van der Waals surface area contributed by atoms with Crippen LogP contribution in [0.15, 0.2) is 162 Å². The molecule has 1 aliphatic rings. The Morgan fingerprint density at radius 1 is 0.500 bits per heavy atom. The second-order valence-corrected chi connectivity index (χ2v) is 12.7. The molecule has 0 fully saturated rings. The van der Waals surface area contributed by atoms with Gasteiger partial charge in [-0.3, -0.25) is 0 Å². The van der Waals surface area contributed by atoms with Gasteiger partial charge >= 0.3 is 0 Å². The van der Waals surface area contributed by atoms with Crippen molar-refractivity contribution in [3.8, 4) is 39.6 Å². The molecule has 0 saturated heterocycles. The Bertz CT molecular complexity index is 2810. The Balaban J connectivity index is 1.15. The van der Waals surface area contributed by atoms with Crippen molar-refractivity contribution in [2.45, 2.75) is 12.8 Å². The number of hydrogen-bond acceptors (Lipinski definition) is 4. The minimum absolute atomic E-state index is 0.593. The van der Waals surface area contributed by atoms with Crippen molar-refractivity contribution in [3.63, 3.8) is 0 Å². The fraction of sp³-hybridized carbons (Fsp3) is 0.0444. The molecule has 0 atom stereocenters. The highest BCUT2D eigenvalue weighted by Gasteiger charge is 2.20. The molecule has 0 spiro atoms. The van der Waals surface area contributed by atoms with Gasteiger partial charge in [-0.2, -0.15) is 0 Å². The van der Waals surface area contributed by atoms with Crippen LogP contribution in [0.2, 0.25) is 0 Å². The maximum atomic E-state index is 6.64. The smallest absolute Gasteiger partial charge is 0.167 e. The molecular formula is C45H30N4O. The predicted molar refractivity (Wildman–Crippen MR) is 204 cm³/mol. The Kier molecular flexibility index (Phi) is 6.56. The molecule has 0 bridgehead atoms. The van der Waals surface area contributed by atoms with Crippen LogP contribution >= 0.6 is 0 Å². The summed E-state index contributed by atoms with van der Waals surface area (Å²) in [6, 6.07) is 48.8. The van der Waals surface area contributed by atoms with Gasteiger partial charge in [0.2, 0.25) is 0 Å². The molecule has 9 aromatic rings. The predicted octanol–water partition coefficient (Wildman–Crippen LogP) is 11.6. The van der Waals surface area contributed by atoms with E-state index >= 15 is 0 Å². The maximum absolute atomic E-state index is 6.64. The first kappa shape index (κ1) is 28.4. The number of aromatic nitrogens is 4. The highest BCUT2D eigenvalue weighted by atomic mass is 16.3. The summed E-state index contributed by atoms with van der Waals surface area (Å²) in [6.45, 7) is 0. The van der Waals surface area contributed by atoms with Gasteiger partial charge in [0.25, 0.3) is 0 Å². The summed E-state index contributed by atoms with van der Waals surface area (Å²) in [6.07, 6.45) is 8.48. The number of benzene rings is 6. The van der Waals surface area contributed by atoms with E-state index in [0.717, 1.165) is 68.2 Å². The molecule has 0 unspecified atom stereocenters. The molecule has 0 N–H and O–H groups in total. The molecule has 0 amide bonds. The first-order chi connectivity index (χ1) is 24.8. The second-order valence-electron chi connectivity index (χ2n) is 12.7. The minimum atomic E-state index is 0.593. The molecule has 5 heteroatoms. The van der Waals surface area contributed by atoms with E-state index in [0.29, 0.717) is 17.5 Å². The van der Waals surface area contributed by atoms with Crippen LogP contribution in [0.1, 0.15) is 18.7 Å². The van der Waals surface area contributed by atoms with Gasteiger partial charge in [0.15, 0.2) is 17.5 Å². The average Bonchev–Trinajstić information content (AvgIpc) is 3.74. The van der Waals surface area contributed by atoms with Gasteiger partial charge in [0.05, 0.1) is 16.6 Å². The molecule has 1 aliphatic carbocycles. The van der Waals surface area contributed by atoms with Crippen molar-refractivity contribution >= 4 is 49.3 Å². The van der Waals surface area contributed by atoms with E-state index in [4.69, 9.17) is 19.4 Å². The van der Waals surface area contributed by atoms with Crippen molar-refractivity contribution in [2.75, 3.05) is 0 Å². The summed E-state index contributed by atoms with van der Waals surface area (Å²) in [5.74, 6) is 1.90. The third-order valence-corrected chi connectivity index (χ3v) is 9.68. The number of allylic oxidation sites excluding steroid dienone is 4. The van der Waals surface area contributed by atoms with Crippen LogP contribution in [-0.2, 0) is 0 Å². The molecule has 50 heavy (non-hydrogen) atoms. The summed E-state index contributed by atoms with van der Waals surface area (Å²) in [5, 5.41) is 4.51. The Hall–Kier alpha value is -6.59. The zero-order valence-corrected chi connectivity index (χ0v) is 27.1. The molecule has 6 aromatic carbocycles. The quantitative estimate of drug-likeness (QED) is 0.187. The fourth-order valence-corrected chi connectivity index (χ4v) is 7.28. The summed E-state index contributed by atoms with van der Waals surface area (Å²) in [5.41, 5.74) is 10.2. The van der Waals surface area contributed by atoms with Gasteiger partial charge in [-0.1, -0.05) is 115 Å². The van der Waals surface area contributed by atoms with Crippen LogP contribution < -0.4 is 0 Å². The molecule has 0 saturated carbocycles. The van der Waals surface area contributed by atoms with Gasteiger partial charge in [-0.25, -0.2) is 15.0 Å². The normalized spacial score (nSPS) is 13.1. The maximum Gasteiger partial charge on any atom is 0.167 e. The molecule has 0 radical (unpaired) electrons. The lowest BCUT2D eigenvalue weighted by Crippen LogP contribution is -2.03. The number of fused-ring (bicyclic) bond motifs is 6. The summed E-state index contributed by atoms with van der Waals surface area (Å²) in [7, 11) is 0. The van der Waals surface area contributed by atoms with E-state index < -0.39 is 0 Å². The van der Waals surface area contributed by atoms with E-state index in [9.17, 15) is 0 Å². The molecule has 10 rings (SSSR count). The summed E-state index contributed by atoms with van der Waals surface area (Å²) >= 11 is 0. The van der Waals surface area contributed by atoms with Crippen molar-refractivity contribution in [3.05, 3.63) is 164 Å². The van der Waals surface area contributed by atoms with E-state index in [1.54, 1.807) is 0 Å². The Labute approximate surface area is 288 Å². The lowest BCUT2D eigenvalue weighted by atomic mass is 10.0. The Morgan fingerprint density at radius 3 is 2.08 bits per heavy atom. The standard InChI is InChI=1S/C45H30N4O/c1-4-13-29(14-5-1)32-23-25-40-37(27-32)34-19-10-11-22-39(34)49(40)33-24-26-41-38(28-33)35-20-12-21-36(42(35)50-41)45-47-43(30-15-6-2-7-16-30)46-44(48-45)31-17-8-3-9-18-31/h1-2,4-8,10-28H,3,9H2. The molecule has 5 nitrogen and oxygen atoms in total. The highest BCUT2D eigenvalue weighted by Crippen LogP contribution is 2.39. The minimum Gasteiger partial charge on any atom is -0.455 e. The average molecular weight is 643 g/mol. The van der Waals surface area contributed by atoms with Crippen molar-refractivity contribution < 1.29 is 4.42 Å². The number of rotatable bonds is 5. The topological polar surface area (TPSA) is 56.7 Å². The van der Waals surface area contributed by atoms with Gasteiger partial charge < -0.3 is 8.98 Å². The van der Waals surface area contributed by atoms with E-state index in [-0.39, 0.29) is 0 Å². The number of furan rings is 1. The highest BCUT2D eigenvalue weighted by molar-refractivity contribution is 6.12. The molecule has 3 aromatic heterocycles. The first-order valence-electron chi connectivity index (χ1n) is 17.0. The first-order valence-corrected chi connectivity index (χ1v) is 17.0. The Morgan fingerprint density at radius 2 is 1.24 bits per heavy atom. The lowest BCUT2D eigenvalue weighted by molar-refractivity contribution is 0.669. The van der Waals surface area contributed by atoms with Gasteiger partial charge in [0.1, 0.15) is 11.2 Å². The van der Waals surface area contributed by atoms with E-state index in [2.05, 4.69) is 126 Å². The molecular weight excluding hydrogens is 613 g/mol. The lowest BCUT2D eigenvalue weighted by Gasteiger charge is -2.10. The largest absolute Gasteiger partial charge is 0.455 e. The van der Waals surface area contributed by atoms with Gasteiger partial charge in [0, 0.05) is 38.4 Å².